The maximum atomic E-state index is 13.9. The molecular formula is C63H63F6N9O15. The fourth-order valence-corrected chi connectivity index (χ4v) is 11.7. The number of rotatable bonds is 12. The Bertz CT molecular complexity index is 4180. The quantitative estimate of drug-likeness (QED) is 0.117. The number of nitrogens with zero attached hydrogens (tertiary/aromatic N) is 6. The van der Waals surface area contributed by atoms with Gasteiger partial charge in [0.15, 0.2) is 53.0 Å². The average Bonchev–Trinajstić information content (AvgIpc) is 0.771. The van der Waals surface area contributed by atoms with Crippen molar-refractivity contribution in [3.8, 4) is 17.2 Å². The summed E-state index contributed by atoms with van der Waals surface area (Å²) in [6, 6.07) is 8.66. The number of carbonyl (C=O) groups excluding carboxylic acids is 6. The Morgan fingerprint density at radius 3 is 1.17 bits per heavy atom. The SMILES string of the molecule is CCOc1c2n(cc(C(=O)NCc3ccc(F)cc3F)c1=O)C[C@@H]1OCC[C@@H](C)N1C2=O.COc1c2n(cc(C(=O)NCc3ccc(F)cc3F)c1=O)C[C@@H]1OCC[C@@H](C)N1C2=O.C[C@@H]1CCO[C@H]2Cn3cc(C(=O)NCc4ccc(F)cc4F)c(=O)c(O)c3C(=O)N12. The van der Waals surface area contributed by atoms with Gasteiger partial charge >= 0.3 is 0 Å². The molecule has 6 aliphatic heterocycles. The van der Waals surface area contributed by atoms with Gasteiger partial charge in [-0.15, -0.1) is 0 Å². The summed E-state index contributed by atoms with van der Waals surface area (Å²) in [6.07, 6.45) is 4.16. The number of fused-ring (bicyclic) bond motifs is 6. The van der Waals surface area contributed by atoms with Gasteiger partial charge in [-0.05, 0) is 65.2 Å². The normalized spacial score (nSPS) is 20.2. The number of hydrogen-bond donors (Lipinski definition) is 4. The smallest absolute Gasteiger partial charge is 0.276 e. The Morgan fingerprint density at radius 2 is 0.828 bits per heavy atom. The standard InChI is InChI=1S/C22H23F2N3O5.C21H21F2N3O5.C20H19F2N3O5/c1-3-31-20-18-22(30)27-12(2)6-7-32-17(27)11-26(18)10-15(19(20)28)21(29)25-9-13-4-5-14(23)8-16(13)24;1-11-5-6-31-16-10-25-9-14(18(27)19(30-2)17(25)21(29)26(11)16)20(28)24-8-12-3-4-13(22)7-15(12)23;1-10-4-5-30-15-9-24-8-13(17(26)18(27)16(24)20(29)25(10)15)19(28)23-7-11-2-3-12(21)6-14(11)22/h4-5,8,10,12,17H,3,6-7,9,11H2,1-2H3,(H,25,29);3-4,7,9,11,16H,5-6,8,10H2,1-2H3,(H,24,28);2-3,6,8,10,15,27H,4-5,7,9H2,1H3,(H,23,28)/t12-,17+;11-,16+;10-,15+/m111/s1. The number of hydrogen-bond acceptors (Lipinski definition) is 15. The highest BCUT2D eigenvalue weighted by molar-refractivity contribution is 6.01. The van der Waals surface area contributed by atoms with Crippen molar-refractivity contribution < 1.29 is 83.9 Å². The van der Waals surface area contributed by atoms with Crippen LogP contribution in [0.15, 0.2) is 87.6 Å². The Balaban J connectivity index is 0.000000153. The summed E-state index contributed by atoms with van der Waals surface area (Å²) in [5.74, 6) is -9.67. The first-order valence-electron chi connectivity index (χ1n) is 29.6. The lowest BCUT2D eigenvalue weighted by molar-refractivity contribution is -0.112. The van der Waals surface area contributed by atoms with Crippen LogP contribution in [0.4, 0.5) is 26.3 Å². The van der Waals surface area contributed by atoms with E-state index < -0.39 is 117 Å². The van der Waals surface area contributed by atoms with E-state index in [-0.39, 0.29) is 120 Å². The number of aromatic nitrogens is 3. The highest BCUT2D eigenvalue weighted by Crippen LogP contribution is 2.33. The van der Waals surface area contributed by atoms with Crippen LogP contribution in [-0.4, -0.2) is 139 Å². The van der Waals surface area contributed by atoms with Gasteiger partial charge in [0.25, 0.3) is 35.4 Å². The number of ether oxygens (including phenoxy) is 5. The molecule has 0 saturated carbocycles. The molecule has 492 valence electrons. The summed E-state index contributed by atoms with van der Waals surface area (Å²) in [6.45, 7) is 8.77. The molecule has 3 saturated heterocycles. The van der Waals surface area contributed by atoms with E-state index >= 15 is 0 Å². The number of aromatic hydroxyl groups is 1. The van der Waals surface area contributed by atoms with E-state index in [2.05, 4.69) is 16.0 Å². The lowest BCUT2D eigenvalue weighted by Crippen LogP contribution is -2.57. The van der Waals surface area contributed by atoms with Crippen molar-refractivity contribution in [1.29, 1.82) is 0 Å². The van der Waals surface area contributed by atoms with Crippen LogP contribution < -0.4 is 41.7 Å². The Morgan fingerprint density at radius 1 is 0.505 bits per heavy atom. The molecule has 6 aliphatic rings. The van der Waals surface area contributed by atoms with E-state index in [1.807, 2.05) is 20.8 Å². The molecule has 6 atom stereocenters. The van der Waals surface area contributed by atoms with Crippen LogP contribution in [0.3, 0.4) is 0 Å². The van der Waals surface area contributed by atoms with Crippen LogP contribution in [0.25, 0.3) is 0 Å². The summed E-state index contributed by atoms with van der Waals surface area (Å²) in [4.78, 5) is 120. The first kappa shape index (κ1) is 66.1. The Hall–Kier alpha value is -9.81. The third-order valence-electron chi connectivity index (χ3n) is 16.6. The second kappa shape index (κ2) is 27.6. The zero-order chi connectivity index (χ0) is 66.9. The molecule has 0 spiro atoms. The van der Waals surface area contributed by atoms with Gasteiger partial charge in [0, 0.05) is 91.2 Å². The predicted octanol–water partition coefficient (Wildman–Crippen LogP) is 5.05. The summed E-state index contributed by atoms with van der Waals surface area (Å²) >= 11 is 0. The highest BCUT2D eigenvalue weighted by atomic mass is 19.2. The molecule has 12 rings (SSSR count). The fourth-order valence-electron chi connectivity index (χ4n) is 11.7. The van der Waals surface area contributed by atoms with Crippen LogP contribution in [-0.2, 0) is 53.5 Å². The summed E-state index contributed by atoms with van der Waals surface area (Å²) in [5.41, 5.74) is -3.28. The second-order valence-corrected chi connectivity index (χ2v) is 22.5. The van der Waals surface area contributed by atoms with E-state index in [0.717, 1.165) is 18.2 Å². The maximum absolute atomic E-state index is 13.9. The Kier molecular flexibility index (Phi) is 19.6. The molecule has 3 aromatic heterocycles. The molecule has 93 heavy (non-hydrogen) atoms. The molecule has 9 heterocycles. The van der Waals surface area contributed by atoms with Gasteiger partial charge < -0.3 is 73.1 Å². The van der Waals surface area contributed by atoms with Gasteiger partial charge in [0.2, 0.25) is 16.3 Å². The molecule has 3 fully saturated rings. The monoisotopic (exact) mass is 1300 g/mol. The van der Waals surface area contributed by atoms with Crippen molar-refractivity contribution in [3.05, 3.63) is 189 Å². The van der Waals surface area contributed by atoms with Gasteiger partial charge in [-0.2, -0.15) is 0 Å². The minimum absolute atomic E-state index is 0.0300. The van der Waals surface area contributed by atoms with E-state index in [1.54, 1.807) is 16.7 Å². The lowest BCUT2D eigenvalue weighted by Gasteiger charge is -2.44. The van der Waals surface area contributed by atoms with Crippen molar-refractivity contribution in [3.63, 3.8) is 0 Å². The summed E-state index contributed by atoms with van der Waals surface area (Å²) in [5, 5.41) is 17.7. The van der Waals surface area contributed by atoms with Gasteiger partial charge in [-0.3, -0.25) is 43.2 Å². The van der Waals surface area contributed by atoms with Crippen LogP contribution in [0.2, 0.25) is 0 Å². The van der Waals surface area contributed by atoms with Gasteiger partial charge in [-0.1, -0.05) is 18.2 Å². The van der Waals surface area contributed by atoms with E-state index in [4.69, 9.17) is 23.7 Å². The predicted molar refractivity (Wildman–Crippen MR) is 314 cm³/mol. The minimum atomic E-state index is -1.00. The first-order chi connectivity index (χ1) is 44.4. The van der Waals surface area contributed by atoms with Gasteiger partial charge in [0.05, 0.1) is 53.2 Å². The molecule has 0 unspecified atom stereocenters. The van der Waals surface area contributed by atoms with Crippen molar-refractivity contribution in [2.24, 2.45) is 0 Å². The number of amides is 6. The lowest BCUT2D eigenvalue weighted by atomic mass is 10.1. The van der Waals surface area contributed by atoms with Crippen LogP contribution >= 0.6 is 0 Å². The molecule has 6 amide bonds. The van der Waals surface area contributed by atoms with Crippen LogP contribution in [0.1, 0.15) is 126 Å². The van der Waals surface area contributed by atoms with Crippen LogP contribution in [0.5, 0.6) is 17.2 Å². The molecule has 24 nitrogen and oxygen atoms in total. The van der Waals surface area contributed by atoms with Crippen molar-refractivity contribution in [2.45, 2.75) is 123 Å². The van der Waals surface area contributed by atoms with Crippen LogP contribution in [0, 0.1) is 34.9 Å². The number of pyridine rings is 3. The maximum Gasteiger partial charge on any atom is 0.276 e. The largest absolute Gasteiger partial charge is 0.503 e. The van der Waals surface area contributed by atoms with Gasteiger partial charge in [0.1, 0.15) is 51.6 Å². The zero-order valence-electron chi connectivity index (χ0n) is 50.7. The molecule has 0 radical (unpaired) electrons. The fraction of sp³-hybridized carbons (Fsp3) is 0.381. The molecule has 4 N–H and O–H groups in total. The molecule has 0 aliphatic carbocycles. The van der Waals surface area contributed by atoms with Crippen molar-refractivity contribution in [2.75, 3.05) is 33.5 Å². The first-order valence-corrected chi connectivity index (χ1v) is 29.6. The number of nitrogens with one attached hydrogen (secondary N) is 3. The van der Waals surface area contributed by atoms with Crippen molar-refractivity contribution in [1.82, 2.24) is 44.4 Å². The average molecular weight is 1300 g/mol. The van der Waals surface area contributed by atoms with Crippen molar-refractivity contribution >= 4 is 35.4 Å². The second-order valence-electron chi connectivity index (χ2n) is 22.5. The summed E-state index contributed by atoms with van der Waals surface area (Å²) < 4.78 is 113. The zero-order valence-corrected chi connectivity index (χ0v) is 50.7. The number of halogens is 6. The van der Waals surface area contributed by atoms with E-state index in [0.29, 0.717) is 57.3 Å². The molecule has 30 heteroatoms. The molecule has 0 bridgehead atoms. The molecule has 3 aromatic carbocycles. The topological polar surface area (TPSA) is 281 Å². The highest BCUT2D eigenvalue weighted by Gasteiger charge is 2.44. The third-order valence-corrected chi connectivity index (χ3v) is 16.6. The molecule has 6 aromatic rings. The Labute approximate surface area is 525 Å². The number of carbonyl (C=O) groups is 6. The number of methoxy groups -OCH3 is 1. The van der Waals surface area contributed by atoms with E-state index in [1.165, 1.54) is 62.5 Å². The third kappa shape index (κ3) is 13.3. The molecular weight excluding hydrogens is 1240 g/mol. The summed E-state index contributed by atoms with van der Waals surface area (Å²) in [7, 11) is 1.25. The van der Waals surface area contributed by atoms with Gasteiger partial charge in [-0.25, -0.2) is 26.3 Å². The minimum Gasteiger partial charge on any atom is -0.503 e. The van der Waals surface area contributed by atoms with E-state index in [9.17, 15) is 74.6 Å². The number of benzene rings is 3.